The van der Waals surface area contributed by atoms with E-state index in [-0.39, 0.29) is 0 Å². The number of hydrogen-bond donors (Lipinski definition) is 0. The SMILES string of the molecule is Cc1cc2cccc(-c3ccccc3)c2s1. The van der Waals surface area contributed by atoms with Gasteiger partial charge in [0.25, 0.3) is 0 Å². The first kappa shape index (κ1) is 9.61. The molecule has 0 saturated carbocycles. The quantitative estimate of drug-likeness (QED) is 0.553. The fourth-order valence-electron chi connectivity index (χ4n) is 2.04. The number of fused-ring (bicyclic) bond motifs is 1. The Morgan fingerprint density at radius 3 is 2.50 bits per heavy atom. The first-order valence-electron chi connectivity index (χ1n) is 5.39. The van der Waals surface area contributed by atoms with Crippen LogP contribution in [0.2, 0.25) is 0 Å². The highest BCUT2D eigenvalue weighted by molar-refractivity contribution is 7.19. The van der Waals surface area contributed by atoms with Crippen molar-refractivity contribution in [3.8, 4) is 11.1 Å². The van der Waals surface area contributed by atoms with E-state index in [1.807, 2.05) is 11.3 Å². The summed E-state index contributed by atoms with van der Waals surface area (Å²) in [5.74, 6) is 0. The molecule has 0 spiro atoms. The van der Waals surface area contributed by atoms with Gasteiger partial charge in [-0.2, -0.15) is 0 Å². The van der Waals surface area contributed by atoms with Crippen molar-refractivity contribution in [2.24, 2.45) is 0 Å². The molecule has 16 heavy (non-hydrogen) atoms. The van der Waals surface area contributed by atoms with Crippen LogP contribution in [-0.4, -0.2) is 0 Å². The lowest BCUT2D eigenvalue weighted by Crippen LogP contribution is -1.76. The Morgan fingerprint density at radius 1 is 0.875 bits per heavy atom. The molecular formula is C15H12S. The van der Waals surface area contributed by atoms with E-state index < -0.39 is 0 Å². The van der Waals surface area contributed by atoms with Crippen LogP contribution in [0.3, 0.4) is 0 Å². The van der Waals surface area contributed by atoms with Gasteiger partial charge >= 0.3 is 0 Å². The van der Waals surface area contributed by atoms with Gasteiger partial charge in [-0.3, -0.25) is 0 Å². The van der Waals surface area contributed by atoms with E-state index in [2.05, 4.69) is 61.5 Å². The maximum absolute atomic E-state index is 2.26. The van der Waals surface area contributed by atoms with Crippen LogP contribution in [0.1, 0.15) is 4.88 Å². The minimum atomic E-state index is 1.30. The Morgan fingerprint density at radius 2 is 1.69 bits per heavy atom. The van der Waals surface area contributed by atoms with Gasteiger partial charge in [-0.1, -0.05) is 48.5 Å². The molecule has 0 bridgehead atoms. The van der Waals surface area contributed by atoms with Gasteiger partial charge in [-0.15, -0.1) is 11.3 Å². The van der Waals surface area contributed by atoms with E-state index in [0.717, 1.165) is 0 Å². The van der Waals surface area contributed by atoms with Crippen molar-refractivity contribution in [3.05, 3.63) is 59.5 Å². The van der Waals surface area contributed by atoms with Crippen LogP contribution in [0, 0.1) is 6.92 Å². The molecular weight excluding hydrogens is 212 g/mol. The molecule has 3 rings (SSSR count). The monoisotopic (exact) mass is 224 g/mol. The van der Waals surface area contributed by atoms with Gasteiger partial charge < -0.3 is 0 Å². The second-order valence-corrected chi connectivity index (χ2v) is 5.20. The smallest absolute Gasteiger partial charge is 0.0423 e. The van der Waals surface area contributed by atoms with Crippen LogP contribution in [0.4, 0.5) is 0 Å². The van der Waals surface area contributed by atoms with Crippen LogP contribution >= 0.6 is 11.3 Å². The third-order valence-corrected chi connectivity index (χ3v) is 3.85. The summed E-state index contributed by atoms with van der Waals surface area (Å²) in [6, 6.07) is 19.4. The van der Waals surface area contributed by atoms with E-state index in [9.17, 15) is 0 Å². The zero-order chi connectivity index (χ0) is 11.0. The third-order valence-electron chi connectivity index (χ3n) is 2.75. The predicted molar refractivity (Wildman–Crippen MR) is 72.0 cm³/mol. The molecule has 0 aliphatic carbocycles. The van der Waals surface area contributed by atoms with Crippen LogP contribution in [0.5, 0.6) is 0 Å². The Bertz CT molecular complexity index is 620. The lowest BCUT2D eigenvalue weighted by atomic mass is 10.0. The van der Waals surface area contributed by atoms with Gasteiger partial charge in [0.1, 0.15) is 0 Å². The summed E-state index contributed by atoms with van der Waals surface area (Å²) in [6.45, 7) is 2.17. The van der Waals surface area contributed by atoms with E-state index in [0.29, 0.717) is 0 Å². The molecule has 0 saturated heterocycles. The summed E-state index contributed by atoms with van der Waals surface area (Å²) in [7, 11) is 0. The predicted octanol–water partition coefficient (Wildman–Crippen LogP) is 4.88. The second-order valence-electron chi connectivity index (χ2n) is 3.95. The molecule has 3 aromatic rings. The number of rotatable bonds is 1. The summed E-state index contributed by atoms with van der Waals surface area (Å²) < 4.78 is 1.39. The minimum Gasteiger partial charge on any atom is -0.140 e. The molecule has 78 valence electrons. The normalized spacial score (nSPS) is 10.8. The Balaban J connectivity index is 2.31. The van der Waals surface area contributed by atoms with E-state index >= 15 is 0 Å². The zero-order valence-electron chi connectivity index (χ0n) is 9.10. The van der Waals surface area contributed by atoms with Gasteiger partial charge in [0, 0.05) is 9.58 Å². The average Bonchev–Trinajstić information content (AvgIpc) is 2.70. The molecule has 1 heteroatoms. The molecule has 0 N–H and O–H groups in total. The number of thiophene rings is 1. The summed E-state index contributed by atoms with van der Waals surface area (Å²) in [6.07, 6.45) is 0. The molecule has 0 fully saturated rings. The van der Waals surface area contributed by atoms with Gasteiger partial charge in [-0.25, -0.2) is 0 Å². The van der Waals surface area contributed by atoms with Gasteiger partial charge in [-0.05, 0) is 29.5 Å². The van der Waals surface area contributed by atoms with Crippen LogP contribution in [0.25, 0.3) is 21.2 Å². The van der Waals surface area contributed by atoms with Gasteiger partial charge in [0.15, 0.2) is 0 Å². The highest BCUT2D eigenvalue weighted by Crippen LogP contribution is 2.34. The molecule has 0 nitrogen and oxygen atoms in total. The Hall–Kier alpha value is -1.60. The largest absolute Gasteiger partial charge is 0.140 e. The Labute approximate surface area is 99.2 Å². The number of aryl methyl sites for hydroxylation is 1. The molecule has 1 heterocycles. The number of benzene rings is 2. The molecule has 0 atom stereocenters. The van der Waals surface area contributed by atoms with Gasteiger partial charge in [0.2, 0.25) is 0 Å². The topological polar surface area (TPSA) is 0 Å². The van der Waals surface area contributed by atoms with E-state index in [1.165, 1.54) is 26.1 Å². The van der Waals surface area contributed by atoms with Crippen molar-refractivity contribution in [2.75, 3.05) is 0 Å². The van der Waals surface area contributed by atoms with Crippen molar-refractivity contribution in [3.63, 3.8) is 0 Å². The average molecular weight is 224 g/mol. The Kier molecular flexibility index (Phi) is 2.26. The van der Waals surface area contributed by atoms with Crippen molar-refractivity contribution in [1.29, 1.82) is 0 Å². The van der Waals surface area contributed by atoms with Crippen molar-refractivity contribution < 1.29 is 0 Å². The maximum atomic E-state index is 2.26. The molecule has 0 aliphatic rings. The van der Waals surface area contributed by atoms with Crippen molar-refractivity contribution >= 4 is 21.4 Å². The van der Waals surface area contributed by atoms with Crippen molar-refractivity contribution in [2.45, 2.75) is 6.92 Å². The fourth-order valence-corrected chi connectivity index (χ4v) is 3.09. The second kappa shape index (κ2) is 3.76. The maximum Gasteiger partial charge on any atom is 0.0423 e. The molecule has 2 aromatic carbocycles. The van der Waals surface area contributed by atoms with Crippen LogP contribution in [-0.2, 0) is 0 Å². The summed E-state index contributed by atoms with van der Waals surface area (Å²) in [5.41, 5.74) is 2.64. The molecule has 0 radical (unpaired) electrons. The lowest BCUT2D eigenvalue weighted by Gasteiger charge is -2.02. The summed E-state index contributed by atoms with van der Waals surface area (Å²) in [5, 5.41) is 1.35. The first-order valence-corrected chi connectivity index (χ1v) is 6.21. The summed E-state index contributed by atoms with van der Waals surface area (Å²) in [4.78, 5) is 1.37. The van der Waals surface area contributed by atoms with Crippen molar-refractivity contribution in [1.82, 2.24) is 0 Å². The molecule has 0 unspecified atom stereocenters. The van der Waals surface area contributed by atoms with E-state index in [4.69, 9.17) is 0 Å². The number of hydrogen-bond acceptors (Lipinski definition) is 1. The molecule has 1 aromatic heterocycles. The molecule has 0 aliphatic heterocycles. The minimum absolute atomic E-state index is 1.30. The van der Waals surface area contributed by atoms with Crippen LogP contribution in [0.15, 0.2) is 54.6 Å². The first-order chi connectivity index (χ1) is 7.84. The fraction of sp³-hybridized carbons (Fsp3) is 0.0667. The third kappa shape index (κ3) is 1.54. The highest BCUT2D eigenvalue weighted by atomic mass is 32.1. The van der Waals surface area contributed by atoms with Crippen LogP contribution < -0.4 is 0 Å². The lowest BCUT2D eigenvalue weighted by molar-refractivity contribution is 1.65. The van der Waals surface area contributed by atoms with Gasteiger partial charge in [0.05, 0.1) is 0 Å². The zero-order valence-corrected chi connectivity index (χ0v) is 9.92. The standard InChI is InChI=1S/C15H12S/c1-11-10-13-8-5-9-14(15(13)16-11)12-6-3-2-4-7-12/h2-10H,1H3. The van der Waals surface area contributed by atoms with E-state index in [1.54, 1.807) is 0 Å². The summed E-state index contributed by atoms with van der Waals surface area (Å²) >= 11 is 1.87. The molecule has 0 amide bonds. The highest BCUT2D eigenvalue weighted by Gasteiger charge is 2.05.